The number of rotatable bonds is 8. The van der Waals surface area contributed by atoms with Crippen LogP contribution in [0.15, 0.2) is 0 Å². The van der Waals surface area contributed by atoms with Crippen LogP contribution in [0.2, 0.25) is 0 Å². The van der Waals surface area contributed by atoms with Crippen LogP contribution >= 0.6 is 0 Å². The second-order valence-electron chi connectivity index (χ2n) is 5.72. The molecule has 122 valence electrons. The number of piperidine rings is 1. The predicted octanol–water partition coefficient (Wildman–Crippen LogP) is 0.241. The highest BCUT2D eigenvalue weighted by Crippen LogP contribution is 2.18. The van der Waals surface area contributed by atoms with Crippen LogP contribution in [0.5, 0.6) is 0 Å². The van der Waals surface area contributed by atoms with Gasteiger partial charge in [0.2, 0.25) is 11.8 Å². The van der Waals surface area contributed by atoms with Crippen LogP contribution in [0.25, 0.3) is 0 Å². The lowest BCUT2D eigenvalue weighted by molar-refractivity contribution is -0.136. The molecule has 6 nitrogen and oxygen atoms in total. The molecular weight excluding hydrogens is 270 g/mol. The number of nitrogens with two attached hydrogens (primary N) is 1. The van der Waals surface area contributed by atoms with E-state index in [1.807, 2.05) is 0 Å². The van der Waals surface area contributed by atoms with Gasteiger partial charge in [-0.1, -0.05) is 19.8 Å². The van der Waals surface area contributed by atoms with E-state index in [0.29, 0.717) is 38.9 Å². The second kappa shape index (κ2) is 9.73. The van der Waals surface area contributed by atoms with Crippen LogP contribution in [0.1, 0.15) is 45.4 Å². The molecule has 1 aliphatic heterocycles. The van der Waals surface area contributed by atoms with Crippen LogP contribution in [0, 0.1) is 5.92 Å². The zero-order chi connectivity index (χ0) is 15.7. The zero-order valence-corrected chi connectivity index (χ0v) is 13.0. The largest absolute Gasteiger partial charge is 0.396 e. The lowest BCUT2D eigenvalue weighted by atomic mass is 9.95. The third kappa shape index (κ3) is 6.01. The Kier molecular flexibility index (Phi) is 8.30. The van der Waals surface area contributed by atoms with Crippen molar-refractivity contribution in [2.45, 2.75) is 51.5 Å². The molecule has 0 aromatic heterocycles. The zero-order valence-electron chi connectivity index (χ0n) is 13.0. The Labute approximate surface area is 127 Å². The molecule has 0 spiro atoms. The Morgan fingerprint density at radius 2 is 2.00 bits per heavy atom. The molecule has 0 aliphatic carbocycles. The minimum absolute atomic E-state index is 0.0163. The van der Waals surface area contributed by atoms with E-state index in [0.717, 1.165) is 19.3 Å². The highest BCUT2D eigenvalue weighted by Gasteiger charge is 2.29. The van der Waals surface area contributed by atoms with E-state index in [1.54, 1.807) is 4.90 Å². The van der Waals surface area contributed by atoms with Crippen LogP contribution in [-0.2, 0) is 9.59 Å². The van der Waals surface area contributed by atoms with Gasteiger partial charge in [0, 0.05) is 32.2 Å². The summed E-state index contributed by atoms with van der Waals surface area (Å²) in [5, 5.41) is 11.5. The van der Waals surface area contributed by atoms with Crippen LogP contribution in [0.4, 0.5) is 0 Å². The molecule has 0 bridgehead atoms. The molecule has 0 aromatic rings. The van der Waals surface area contributed by atoms with Gasteiger partial charge in [-0.15, -0.1) is 0 Å². The number of hydrogen-bond acceptors (Lipinski definition) is 4. The van der Waals surface area contributed by atoms with Gasteiger partial charge in [0.15, 0.2) is 0 Å². The molecular formula is C15H29N3O3. The van der Waals surface area contributed by atoms with Crippen molar-refractivity contribution >= 4 is 11.8 Å². The van der Waals surface area contributed by atoms with E-state index in [1.165, 1.54) is 0 Å². The number of aliphatic hydroxyl groups excluding tert-OH is 1. The fourth-order valence-electron chi connectivity index (χ4n) is 2.58. The third-order valence-corrected chi connectivity index (χ3v) is 4.00. The Hall–Kier alpha value is -1.14. The van der Waals surface area contributed by atoms with Gasteiger partial charge in [0.25, 0.3) is 0 Å². The van der Waals surface area contributed by atoms with E-state index in [-0.39, 0.29) is 24.3 Å². The average Bonchev–Trinajstić information content (AvgIpc) is 2.52. The van der Waals surface area contributed by atoms with Crippen LogP contribution in [0.3, 0.4) is 0 Å². The lowest BCUT2D eigenvalue weighted by Crippen LogP contribution is -2.49. The number of likely N-dealkylation sites (tertiary alicyclic amines) is 1. The molecule has 1 atom stereocenters. The Balaban J connectivity index is 2.31. The van der Waals surface area contributed by atoms with Crippen molar-refractivity contribution in [1.29, 1.82) is 0 Å². The first-order valence-electron chi connectivity index (χ1n) is 8.03. The molecule has 1 fully saturated rings. The molecule has 1 heterocycles. The Morgan fingerprint density at radius 3 is 2.57 bits per heavy atom. The topological polar surface area (TPSA) is 95.7 Å². The highest BCUT2D eigenvalue weighted by atomic mass is 16.3. The number of nitrogens with one attached hydrogen (secondary N) is 1. The van der Waals surface area contributed by atoms with Crippen molar-refractivity contribution in [2.24, 2.45) is 11.7 Å². The van der Waals surface area contributed by atoms with Gasteiger partial charge < -0.3 is 21.1 Å². The van der Waals surface area contributed by atoms with E-state index >= 15 is 0 Å². The molecule has 0 radical (unpaired) electrons. The van der Waals surface area contributed by atoms with Gasteiger partial charge in [-0.3, -0.25) is 9.59 Å². The molecule has 1 rings (SSSR count). The Bertz CT molecular complexity index is 328. The monoisotopic (exact) mass is 299 g/mol. The maximum absolute atomic E-state index is 12.2. The Morgan fingerprint density at radius 1 is 1.33 bits per heavy atom. The third-order valence-electron chi connectivity index (χ3n) is 4.00. The summed E-state index contributed by atoms with van der Waals surface area (Å²) in [6, 6.07) is -0.403. The molecule has 1 unspecified atom stereocenters. The lowest BCUT2D eigenvalue weighted by Gasteiger charge is -2.33. The molecule has 1 saturated heterocycles. The molecule has 6 heteroatoms. The van der Waals surface area contributed by atoms with Crippen molar-refractivity contribution in [2.75, 3.05) is 26.2 Å². The van der Waals surface area contributed by atoms with E-state index < -0.39 is 6.04 Å². The molecule has 2 amide bonds. The molecule has 0 saturated carbocycles. The van der Waals surface area contributed by atoms with Gasteiger partial charge in [-0.05, 0) is 25.7 Å². The summed E-state index contributed by atoms with van der Waals surface area (Å²) in [5.74, 6) is 0.0213. The van der Waals surface area contributed by atoms with E-state index in [2.05, 4.69) is 12.2 Å². The van der Waals surface area contributed by atoms with E-state index in [9.17, 15) is 9.59 Å². The SMILES string of the molecule is CCCCC(N)C(=O)N1CCC(C(=O)NCCCO)CC1. The summed E-state index contributed by atoms with van der Waals surface area (Å²) in [6.07, 6.45) is 4.70. The summed E-state index contributed by atoms with van der Waals surface area (Å²) in [5.41, 5.74) is 5.92. The molecule has 1 aliphatic rings. The smallest absolute Gasteiger partial charge is 0.239 e. The van der Waals surface area contributed by atoms with Gasteiger partial charge >= 0.3 is 0 Å². The number of hydrogen-bond donors (Lipinski definition) is 3. The summed E-state index contributed by atoms with van der Waals surface area (Å²) < 4.78 is 0. The first-order chi connectivity index (χ1) is 10.1. The molecule has 0 aromatic carbocycles. The van der Waals surface area contributed by atoms with Crippen molar-refractivity contribution in [3.63, 3.8) is 0 Å². The van der Waals surface area contributed by atoms with Crippen molar-refractivity contribution in [3.8, 4) is 0 Å². The highest BCUT2D eigenvalue weighted by molar-refractivity contribution is 5.82. The number of aliphatic hydroxyl groups is 1. The summed E-state index contributed by atoms with van der Waals surface area (Å²) >= 11 is 0. The first kappa shape index (κ1) is 17.9. The minimum atomic E-state index is -0.403. The van der Waals surface area contributed by atoms with Crippen molar-refractivity contribution in [1.82, 2.24) is 10.2 Å². The van der Waals surface area contributed by atoms with Gasteiger partial charge in [-0.25, -0.2) is 0 Å². The number of amides is 2. The predicted molar refractivity (Wildman–Crippen MR) is 81.5 cm³/mol. The number of carbonyl (C=O) groups excluding carboxylic acids is 2. The normalized spacial score (nSPS) is 17.6. The van der Waals surface area contributed by atoms with Crippen LogP contribution < -0.4 is 11.1 Å². The van der Waals surface area contributed by atoms with Gasteiger partial charge in [-0.2, -0.15) is 0 Å². The van der Waals surface area contributed by atoms with Crippen LogP contribution in [-0.4, -0.2) is 54.1 Å². The maximum Gasteiger partial charge on any atom is 0.239 e. The number of carbonyl (C=O) groups is 2. The summed E-state index contributed by atoms with van der Waals surface area (Å²) in [6.45, 7) is 3.89. The molecule has 21 heavy (non-hydrogen) atoms. The van der Waals surface area contributed by atoms with E-state index in [4.69, 9.17) is 10.8 Å². The summed E-state index contributed by atoms with van der Waals surface area (Å²) in [7, 11) is 0. The number of nitrogens with zero attached hydrogens (tertiary/aromatic N) is 1. The quantitative estimate of drug-likeness (QED) is 0.560. The standard InChI is InChI=1S/C15H29N3O3/c1-2-3-5-13(16)15(21)18-9-6-12(7-10-18)14(20)17-8-4-11-19/h12-13,19H,2-11,16H2,1H3,(H,17,20). The first-order valence-corrected chi connectivity index (χ1v) is 8.03. The number of unbranched alkanes of at least 4 members (excludes halogenated alkanes) is 1. The molecule has 4 N–H and O–H groups in total. The second-order valence-corrected chi connectivity index (χ2v) is 5.72. The average molecular weight is 299 g/mol. The fraction of sp³-hybridized carbons (Fsp3) is 0.867. The van der Waals surface area contributed by atoms with Gasteiger partial charge in [0.05, 0.1) is 6.04 Å². The van der Waals surface area contributed by atoms with Crippen molar-refractivity contribution < 1.29 is 14.7 Å². The maximum atomic E-state index is 12.2. The van der Waals surface area contributed by atoms with Crippen molar-refractivity contribution in [3.05, 3.63) is 0 Å². The minimum Gasteiger partial charge on any atom is -0.396 e. The summed E-state index contributed by atoms with van der Waals surface area (Å²) in [4.78, 5) is 25.9. The fourth-order valence-corrected chi connectivity index (χ4v) is 2.58. The van der Waals surface area contributed by atoms with Gasteiger partial charge in [0.1, 0.15) is 0 Å².